The number of ether oxygens (including phenoxy) is 1. The summed E-state index contributed by atoms with van der Waals surface area (Å²) in [6.07, 6.45) is 1.74. The molecule has 0 saturated carbocycles. The minimum atomic E-state index is -0.923. The molecule has 5 heteroatoms. The highest BCUT2D eigenvalue weighted by Crippen LogP contribution is 2.25. The largest absolute Gasteiger partial charge is 0.481 e. The van der Waals surface area contributed by atoms with Crippen LogP contribution in [0.25, 0.3) is 0 Å². The average Bonchev–Trinajstić information content (AvgIpc) is 2.49. The number of para-hydroxylation sites is 1. The quantitative estimate of drug-likeness (QED) is 0.825. The first-order valence-corrected chi connectivity index (χ1v) is 6.57. The summed E-state index contributed by atoms with van der Waals surface area (Å²) in [5.41, 5.74) is 0.974. The van der Waals surface area contributed by atoms with E-state index < -0.39 is 5.97 Å². The van der Waals surface area contributed by atoms with Crippen LogP contribution in [0, 0.1) is 0 Å². The normalized spacial score (nSPS) is 10.1. The van der Waals surface area contributed by atoms with Crippen molar-refractivity contribution in [1.82, 2.24) is 4.98 Å². The van der Waals surface area contributed by atoms with E-state index in [0.29, 0.717) is 29.2 Å². The Morgan fingerprint density at radius 1 is 1.19 bits per heavy atom. The van der Waals surface area contributed by atoms with E-state index in [0.717, 1.165) is 0 Å². The molecule has 1 aromatic carbocycles. The zero-order valence-electron chi connectivity index (χ0n) is 11.6. The molecule has 0 saturated heterocycles. The Morgan fingerprint density at radius 3 is 2.57 bits per heavy atom. The second-order valence-corrected chi connectivity index (χ2v) is 4.44. The lowest BCUT2D eigenvalue weighted by molar-refractivity contribution is -0.136. The van der Waals surface area contributed by atoms with Crippen molar-refractivity contribution in [3.63, 3.8) is 0 Å². The van der Waals surface area contributed by atoms with Gasteiger partial charge in [-0.15, -0.1) is 0 Å². The third kappa shape index (κ3) is 3.89. The van der Waals surface area contributed by atoms with Crippen molar-refractivity contribution in [2.75, 3.05) is 0 Å². The number of hydrogen-bond donors (Lipinski definition) is 1. The topological polar surface area (TPSA) is 76.5 Å². The number of nitrogens with zero attached hydrogens (tertiary/aromatic N) is 1. The molecule has 2 aromatic rings. The van der Waals surface area contributed by atoms with Gasteiger partial charge in [-0.05, 0) is 18.2 Å². The van der Waals surface area contributed by atoms with Crippen LogP contribution in [0.5, 0.6) is 11.5 Å². The van der Waals surface area contributed by atoms with Crippen LogP contribution in [-0.4, -0.2) is 21.8 Å². The van der Waals surface area contributed by atoms with Gasteiger partial charge in [0.05, 0.1) is 12.6 Å². The summed E-state index contributed by atoms with van der Waals surface area (Å²) in [6, 6.07) is 10.2. The maximum Gasteiger partial charge on any atom is 0.307 e. The van der Waals surface area contributed by atoms with Crippen LogP contribution in [0.4, 0.5) is 0 Å². The summed E-state index contributed by atoms with van der Waals surface area (Å²) >= 11 is 0. The van der Waals surface area contributed by atoms with Crippen LogP contribution >= 0.6 is 0 Å². The number of carboxylic acid groups (broad SMARTS) is 1. The Kier molecular flexibility index (Phi) is 4.66. The van der Waals surface area contributed by atoms with Gasteiger partial charge in [0.2, 0.25) is 0 Å². The average molecular weight is 285 g/mol. The molecule has 0 bridgehead atoms. The number of ketones is 1. The molecular formula is C16H15NO4. The van der Waals surface area contributed by atoms with Crippen molar-refractivity contribution in [1.29, 1.82) is 0 Å². The predicted molar refractivity (Wildman–Crippen MR) is 76.7 cm³/mol. The maximum atomic E-state index is 11.5. The van der Waals surface area contributed by atoms with Crippen molar-refractivity contribution >= 4 is 11.8 Å². The van der Waals surface area contributed by atoms with E-state index in [-0.39, 0.29) is 12.2 Å². The fraction of sp³-hybridized carbons (Fsp3) is 0.188. The van der Waals surface area contributed by atoms with E-state index in [9.17, 15) is 9.59 Å². The summed E-state index contributed by atoms with van der Waals surface area (Å²) in [5, 5.41) is 8.88. The molecule has 2 rings (SSSR count). The zero-order chi connectivity index (χ0) is 15.2. The van der Waals surface area contributed by atoms with Gasteiger partial charge in [-0.3, -0.25) is 9.59 Å². The number of benzene rings is 1. The van der Waals surface area contributed by atoms with Crippen molar-refractivity contribution in [2.45, 2.75) is 19.8 Å². The monoisotopic (exact) mass is 285 g/mol. The molecule has 0 amide bonds. The maximum absolute atomic E-state index is 11.5. The summed E-state index contributed by atoms with van der Waals surface area (Å²) in [7, 11) is 0. The van der Waals surface area contributed by atoms with Crippen LogP contribution in [0.2, 0.25) is 0 Å². The fourth-order valence-electron chi connectivity index (χ4n) is 1.83. The number of Topliss-reactive ketones (excluding diaryl/α,β-unsaturated/α-hetero) is 1. The molecule has 0 fully saturated rings. The molecule has 0 unspecified atom stereocenters. The molecule has 108 valence electrons. The smallest absolute Gasteiger partial charge is 0.307 e. The first-order valence-electron chi connectivity index (χ1n) is 6.57. The molecule has 21 heavy (non-hydrogen) atoms. The van der Waals surface area contributed by atoms with Crippen LogP contribution < -0.4 is 4.74 Å². The lowest BCUT2D eigenvalue weighted by atomic mass is 10.1. The Labute approximate surface area is 122 Å². The number of carboxylic acids is 1. The first kappa shape index (κ1) is 14.7. The van der Waals surface area contributed by atoms with Gasteiger partial charge < -0.3 is 9.84 Å². The first-order chi connectivity index (χ1) is 10.1. The van der Waals surface area contributed by atoms with E-state index in [1.165, 1.54) is 6.20 Å². The highest BCUT2D eigenvalue weighted by Gasteiger charge is 2.09. The van der Waals surface area contributed by atoms with Crippen LogP contribution in [-0.2, 0) is 11.2 Å². The molecule has 1 N–H and O–H groups in total. The second kappa shape index (κ2) is 6.65. The number of aliphatic carboxylic acids is 1. The lowest BCUT2D eigenvalue weighted by Crippen LogP contribution is -2.02. The Bertz CT molecular complexity index is 650. The second-order valence-electron chi connectivity index (χ2n) is 4.44. The molecule has 0 aliphatic carbocycles. The van der Waals surface area contributed by atoms with Gasteiger partial charge in [0, 0.05) is 12.0 Å². The molecule has 1 aromatic heterocycles. The van der Waals surface area contributed by atoms with Gasteiger partial charge >= 0.3 is 5.97 Å². The lowest BCUT2D eigenvalue weighted by Gasteiger charge is -2.09. The summed E-state index contributed by atoms with van der Waals surface area (Å²) in [4.78, 5) is 26.4. The van der Waals surface area contributed by atoms with Gasteiger partial charge in [0.25, 0.3) is 0 Å². The van der Waals surface area contributed by atoms with E-state index >= 15 is 0 Å². The minimum Gasteiger partial charge on any atom is -0.481 e. The zero-order valence-corrected chi connectivity index (χ0v) is 11.6. The third-order valence-corrected chi connectivity index (χ3v) is 2.89. The van der Waals surface area contributed by atoms with Crippen LogP contribution in [0.15, 0.2) is 42.6 Å². The van der Waals surface area contributed by atoms with Crippen molar-refractivity contribution in [3.05, 3.63) is 53.9 Å². The van der Waals surface area contributed by atoms with Gasteiger partial charge in [-0.1, -0.05) is 25.1 Å². The van der Waals surface area contributed by atoms with Crippen molar-refractivity contribution in [2.24, 2.45) is 0 Å². The number of carbonyl (C=O) groups is 2. The van der Waals surface area contributed by atoms with E-state index in [2.05, 4.69) is 4.98 Å². The van der Waals surface area contributed by atoms with Gasteiger partial charge in [-0.2, -0.15) is 0 Å². The Balaban J connectivity index is 2.18. The predicted octanol–water partition coefficient (Wildman–Crippen LogP) is 3.09. The highest BCUT2D eigenvalue weighted by atomic mass is 16.5. The minimum absolute atomic E-state index is 0.0344. The van der Waals surface area contributed by atoms with Gasteiger partial charge in [0.1, 0.15) is 17.2 Å². The number of rotatable bonds is 6. The SMILES string of the molecule is CCC(=O)c1ccc(Oc2ccccc2CC(=O)O)cn1. The molecule has 0 atom stereocenters. The van der Waals surface area contributed by atoms with E-state index in [1.54, 1.807) is 43.3 Å². The van der Waals surface area contributed by atoms with Crippen molar-refractivity contribution in [3.8, 4) is 11.5 Å². The summed E-state index contributed by atoms with van der Waals surface area (Å²) in [6.45, 7) is 1.77. The molecule has 1 heterocycles. The molecule has 5 nitrogen and oxygen atoms in total. The Morgan fingerprint density at radius 2 is 1.95 bits per heavy atom. The van der Waals surface area contributed by atoms with Gasteiger partial charge in [0.15, 0.2) is 5.78 Å². The third-order valence-electron chi connectivity index (χ3n) is 2.89. The molecule has 0 aliphatic rings. The fourth-order valence-corrected chi connectivity index (χ4v) is 1.83. The summed E-state index contributed by atoms with van der Waals surface area (Å²) < 4.78 is 5.64. The number of hydrogen-bond acceptors (Lipinski definition) is 4. The molecule has 0 spiro atoms. The van der Waals surface area contributed by atoms with E-state index in [4.69, 9.17) is 9.84 Å². The molecular weight excluding hydrogens is 270 g/mol. The van der Waals surface area contributed by atoms with Crippen LogP contribution in [0.3, 0.4) is 0 Å². The summed E-state index contributed by atoms with van der Waals surface area (Å²) in [5.74, 6) is -0.0300. The molecule has 0 radical (unpaired) electrons. The number of aromatic nitrogens is 1. The van der Waals surface area contributed by atoms with Crippen molar-refractivity contribution < 1.29 is 19.4 Å². The Hall–Kier alpha value is -2.69. The van der Waals surface area contributed by atoms with Crippen LogP contribution in [0.1, 0.15) is 29.4 Å². The van der Waals surface area contributed by atoms with Gasteiger partial charge in [-0.25, -0.2) is 4.98 Å². The highest BCUT2D eigenvalue weighted by molar-refractivity contribution is 5.93. The van der Waals surface area contributed by atoms with E-state index in [1.807, 2.05) is 0 Å². The standard InChI is InChI=1S/C16H15NO4/c1-2-14(18)13-8-7-12(10-17-13)21-15-6-4-3-5-11(15)9-16(19)20/h3-8,10H,2,9H2,1H3,(H,19,20). The molecule has 0 aliphatic heterocycles. The number of carbonyl (C=O) groups excluding carboxylic acids is 1. The number of pyridine rings is 1.